The fourth-order valence-corrected chi connectivity index (χ4v) is 3.05. The summed E-state index contributed by atoms with van der Waals surface area (Å²) in [6.45, 7) is 4.78. The second kappa shape index (κ2) is 6.11. The molecular weight excluding hydrogens is 304 g/mol. The third kappa shape index (κ3) is 2.91. The van der Waals surface area contributed by atoms with Gasteiger partial charge >= 0.3 is 0 Å². The van der Waals surface area contributed by atoms with Crippen LogP contribution in [0.25, 0.3) is 0 Å². The summed E-state index contributed by atoms with van der Waals surface area (Å²) in [6, 6.07) is 4.96. The van der Waals surface area contributed by atoms with Crippen molar-refractivity contribution in [3.05, 3.63) is 46.4 Å². The molecule has 24 heavy (non-hydrogen) atoms. The molecule has 0 fully saturated rings. The number of phenolic OH excluding ortho intramolecular Hbond substituents is 1. The smallest absolute Gasteiger partial charge is 0.254 e. The Morgan fingerprint density at radius 3 is 2.67 bits per heavy atom. The van der Waals surface area contributed by atoms with E-state index < -0.39 is 0 Å². The molecule has 6 nitrogen and oxygen atoms in total. The van der Waals surface area contributed by atoms with Crippen molar-refractivity contribution in [3.8, 4) is 5.75 Å². The molecule has 1 aliphatic rings. The Morgan fingerprint density at radius 2 is 2.00 bits per heavy atom. The van der Waals surface area contributed by atoms with Gasteiger partial charge in [0.2, 0.25) is 0 Å². The summed E-state index contributed by atoms with van der Waals surface area (Å²) < 4.78 is 0. The molecule has 0 spiro atoms. The first kappa shape index (κ1) is 16.2. The van der Waals surface area contributed by atoms with Crippen LogP contribution in [0.4, 0.5) is 5.82 Å². The quantitative estimate of drug-likeness (QED) is 0.915. The molecule has 1 aromatic heterocycles. The van der Waals surface area contributed by atoms with Crippen LogP contribution in [0.1, 0.15) is 33.0 Å². The number of phenols is 1. The number of hydrogen-bond acceptors (Lipinski definition) is 5. The van der Waals surface area contributed by atoms with E-state index in [4.69, 9.17) is 0 Å². The van der Waals surface area contributed by atoms with E-state index in [1.54, 1.807) is 30.0 Å². The minimum absolute atomic E-state index is 0.0357. The first-order chi connectivity index (χ1) is 11.4. The van der Waals surface area contributed by atoms with Crippen LogP contribution in [0, 0.1) is 13.8 Å². The average Bonchev–Trinajstić information content (AvgIpc) is 2.55. The average molecular weight is 326 g/mol. The number of nitrogens with zero attached hydrogens (tertiary/aromatic N) is 4. The molecular formula is C18H22N4O2. The van der Waals surface area contributed by atoms with E-state index >= 15 is 0 Å². The molecule has 1 aliphatic heterocycles. The maximum atomic E-state index is 12.8. The lowest BCUT2D eigenvalue weighted by Crippen LogP contribution is -2.37. The molecule has 0 aliphatic carbocycles. The first-order valence-electron chi connectivity index (χ1n) is 7.99. The number of rotatable bonds is 2. The van der Waals surface area contributed by atoms with Gasteiger partial charge in [0.25, 0.3) is 5.91 Å². The number of anilines is 1. The maximum absolute atomic E-state index is 12.8. The van der Waals surface area contributed by atoms with Gasteiger partial charge in [0.15, 0.2) is 0 Å². The van der Waals surface area contributed by atoms with Crippen LogP contribution < -0.4 is 4.90 Å². The Morgan fingerprint density at radius 1 is 1.25 bits per heavy atom. The van der Waals surface area contributed by atoms with Crippen LogP contribution in [0.5, 0.6) is 5.75 Å². The number of hydrogen-bond donors (Lipinski definition) is 1. The van der Waals surface area contributed by atoms with Crippen LogP contribution in [0.3, 0.4) is 0 Å². The van der Waals surface area contributed by atoms with Gasteiger partial charge in [-0.15, -0.1) is 0 Å². The van der Waals surface area contributed by atoms with Crippen molar-refractivity contribution < 1.29 is 9.90 Å². The summed E-state index contributed by atoms with van der Waals surface area (Å²) in [4.78, 5) is 25.6. The van der Waals surface area contributed by atoms with Crippen LogP contribution in [0.15, 0.2) is 18.2 Å². The molecule has 0 unspecified atom stereocenters. The summed E-state index contributed by atoms with van der Waals surface area (Å²) in [5, 5.41) is 9.63. The number of aromatic hydroxyl groups is 1. The van der Waals surface area contributed by atoms with Crippen molar-refractivity contribution in [2.75, 3.05) is 25.5 Å². The number of benzene rings is 1. The largest absolute Gasteiger partial charge is 0.508 e. The highest BCUT2D eigenvalue weighted by Crippen LogP contribution is 2.26. The Balaban J connectivity index is 1.89. The van der Waals surface area contributed by atoms with E-state index in [1.807, 2.05) is 25.9 Å². The number of carbonyl (C=O) groups is 1. The standard InChI is InChI=1S/C18H22N4O2/c1-11-9-13(5-6-16(11)23)18(24)22-8-7-14-15(10-22)19-12(2)20-17(14)21(3)4/h5-6,9,23H,7-8,10H2,1-4H3. The molecule has 3 rings (SSSR count). The van der Waals surface area contributed by atoms with Gasteiger partial charge in [-0.3, -0.25) is 4.79 Å². The highest BCUT2D eigenvalue weighted by molar-refractivity contribution is 5.94. The zero-order valence-corrected chi connectivity index (χ0v) is 14.5. The highest BCUT2D eigenvalue weighted by atomic mass is 16.3. The predicted molar refractivity (Wildman–Crippen MR) is 92.4 cm³/mol. The van der Waals surface area contributed by atoms with E-state index in [2.05, 4.69) is 9.97 Å². The third-order valence-corrected chi connectivity index (χ3v) is 4.31. The summed E-state index contributed by atoms with van der Waals surface area (Å²) >= 11 is 0. The summed E-state index contributed by atoms with van der Waals surface area (Å²) in [5.41, 5.74) is 3.33. The lowest BCUT2D eigenvalue weighted by molar-refractivity contribution is 0.0731. The summed E-state index contributed by atoms with van der Waals surface area (Å²) in [5.74, 6) is 1.82. The molecule has 1 aromatic carbocycles. The normalized spacial score (nSPS) is 13.6. The van der Waals surface area contributed by atoms with Crippen LogP contribution in [-0.2, 0) is 13.0 Å². The zero-order chi connectivity index (χ0) is 17.4. The van der Waals surface area contributed by atoms with Crippen LogP contribution in [-0.4, -0.2) is 46.5 Å². The van der Waals surface area contributed by atoms with E-state index in [0.717, 1.165) is 23.5 Å². The number of amides is 1. The monoisotopic (exact) mass is 326 g/mol. The molecule has 0 saturated heterocycles. The minimum Gasteiger partial charge on any atom is -0.508 e. The number of fused-ring (bicyclic) bond motifs is 1. The van der Waals surface area contributed by atoms with E-state index in [0.29, 0.717) is 30.0 Å². The molecule has 6 heteroatoms. The van der Waals surface area contributed by atoms with Crippen LogP contribution in [0.2, 0.25) is 0 Å². The summed E-state index contributed by atoms with van der Waals surface area (Å²) in [6.07, 6.45) is 0.742. The molecule has 0 bridgehead atoms. The van der Waals surface area contributed by atoms with Gasteiger partial charge in [0, 0.05) is 31.8 Å². The van der Waals surface area contributed by atoms with Gasteiger partial charge in [-0.25, -0.2) is 9.97 Å². The van der Waals surface area contributed by atoms with Gasteiger partial charge < -0.3 is 14.9 Å². The maximum Gasteiger partial charge on any atom is 0.254 e. The molecule has 1 N–H and O–H groups in total. The Hall–Kier alpha value is -2.63. The number of aryl methyl sites for hydroxylation is 2. The van der Waals surface area contributed by atoms with Crippen molar-refractivity contribution in [2.45, 2.75) is 26.8 Å². The zero-order valence-electron chi connectivity index (χ0n) is 14.5. The molecule has 126 valence electrons. The van der Waals surface area contributed by atoms with Gasteiger partial charge in [0.1, 0.15) is 17.4 Å². The van der Waals surface area contributed by atoms with E-state index in [-0.39, 0.29) is 11.7 Å². The van der Waals surface area contributed by atoms with Crippen LogP contribution >= 0.6 is 0 Å². The SMILES string of the molecule is Cc1nc2c(c(N(C)C)n1)CCN(C(=O)c1ccc(O)c(C)c1)C2. The molecule has 2 aromatic rings. The van der Waals surface area contributed by atoms with Gasteiger partial charge in [-0.1, -0.05) is 0 Å². The molecule has 1 amide bonds. The van der Waals surface area contributed by atoms with Gasteiger partial charge in [0.05, 0.1) is 12.2 Å². The Bertz CT molecular complexity index is 802. The molecule has 0 saturated carbocycles. The Kier molecular flexibility index (Phi) is 4.13. The minimum atomic E-state index is -0.0357. The fraction of sp³-hybridized carbons (Fsp3) is 0.389. The van der Waals surface area contributed by atoms with Gasteiger partial charge in [-0.05, 0) is 44.0 Å². The van der Waals surface area contributed by atoms with E-state index in [1.165, 1.54) is 0 Å². The van der Waals surface area contributed by atoms with Crippen molar-refractivity contribution >= 4 is 11.7 Å². The molecule has 2 heterocycles. The lowest BCUT2D eigenvalue weighted by atomic mass is 10.0. The van der Waals surface area contributed by atoms with Crippen molar-refractivity contribution in [1.82, 2.24) is 14.9 Å². The Labute approximate surface area is 141 Å². The second-order valence-electron chi connectivity index (χ2n) is 6.39. The summed E-state index contributed by atoms with van der Waals surface area (Å²) in [7, 11) is 3.94. The highest BCUT2D eigenvalue weighted by Gasteiger charge is 2.26. The van der Waals surface area contributed by atoms with Crippen molar-refractivity contribution in [2.24, 2.45) is 0 Å². The second-order valence-corrected chi connectivity index (χ2v) is 6.39. The molecule has 0 atom stereocenters. The predicted octanol–water partition coefficient (Wildman–Crippen LogP) is 2.06. The van der Waals surface area contributed by atoms with Crippen molar-refractivity contribution in [1.29, 1.82) is 0 Å². The number of carbonyl (C=O) groups excluding carboxylic acids is 1. The van der Waals surface area contributed by atoms with Gasteiger partial charge in [-0.2, -0.15) is 0 Å². The lowest BCUT2D eigenvalue weighted by Gasteiger charge is -2.30. The first-order valence-corrected chi connectivity index (χ1v) is 7.99. The topological polar surface area (TPSA) is 69.6 Å². The fourth-order valence-electron chi connectivity index (χ4n) is 3.05. The number of aromatic nitrogens is 2. The third-order valence-electron chi connectivity index (χ3n) is 4.31. The van der Waals surface area contributed by atoms with E-state index in [9.17, 15) is 9.90 Å². The molecule has 0 radical (unpaired) electrons. The van der Waals surface area contributed by atoms with Crippen molar-refractivity contribution in [3.63, 3.8) is 0 Å².